The summed E-state index contributed by atoms with van der Waals surface area (Å²) in [7, 11) is 1.46. The zero-order chi connectivity index (χ0) is 18.4. The first-order valence-corrected chi connectivity index (χ1v) is 7.88. The van der Waals surface area contributed by atoms with Crippen LogP contribution in [-0.4, -0.2) is 23.3 Å². The fourth-order valence-electron chi connectivity index (χ4n) is 2.27. The summed E-state index contributed by atoms with van der Waals surface area (Å²) in [5, 5.41) is 13.4. The van der Waals surface area contributed by atoms with Crippen LogP contribution in [0.25, 0.3) is 17.4 Å². The Hall–Kier alpha value is -3.54. The van der Waals surface area contributed by atoms with E-state index in [0.29, 0.717) is 22.8 Å². The summed E-state index contributed by atoms with van der Waals surface area (Å²) < 4.78 is 15.4. The van der Waals surface area contributed by atoms with Gasteiger partial charge in [0.25, 0.3) is 0 Å². The van der Waals surface area contributed by atoms with Crippen LogP contribution in [0.2, 0.25) is 0 Å². The van der Waals surface area contributed by atoms with E-state index in [0.717, 1.165) is 5.56 Å². The van der Waals surface area contributed by atoms with E-state index in [1.54, 1.807) is 24.3 Å². The van der Waals surface area contributed by atoms with E-state index >= 15 is 0 Å². The molecule has 0 unspecified atom stereocenters. The van der Waals surface area contributed by atoms with Crippen molar-refractivity contribution in [1.29, 1.82) is 0 Å². The van der Waals surface area contributed by atoms with Crippen molar-refractivity contribution in [2.24, 2.45) is 0 Å². The lowest BCUT2D eigenvalue weighted by molar-refractivity contribution is -0.139. The molecule has 3 rings (SSSR count). The largest absolute Gasteiger partial charge is 0.504 e. The van der Waals surface area contributed by atoms with Crippen LogP contribution in [0.4, 0.5) is 0 Å². The molecular weight excluding hydrogens is 334 g/mol. The summed E-state index contributed by atoms with van der Waals surface area (Å²) in [6, 6.07) is 16.0. The van der Waals surface area contributed by atoms with Gasteiger partial charge < -0.3 is 19.1 Å². The second-order valence-corrected chi connectivity index (χ2v) is 5.42. The third kappa shape index (κ3) is 4.30. The van der Waals surface area contributed by atoms with Gasteiger partial charge in [-0.1, -0.05) is 41.6 Å². The van der Waals surface area contributed by atoms with Gasteiger partial charge in [-0.2, -0.15) is 0 Å². The molecule has 0 aliphatic heterocycles. The molecule has 0 aliphatic rings. The molecule has 0 amide bonds. The molecule has 0 saturated carbocycles. The number of phenols is 1. The minimum atomic E-state index is -0.513. The number of rotatable bonds is 6. The van der Waals surface area contributed by atoms with Gasteiger partial charge in [-0.05, 0) is 23.8 Å². The van der Waals surface area contributed by atoms with Gasteiger partial charge in [0.2, 0.25) is 0 Å². The molecule has 0 bridgehead atoms. The number of carbonyl (C=O) groups excluding carboxylic acids is 1. The van der Waals surface area contributed by atoms with Gasteiger partial charge in [-0.15, -0.1) is 0 Å². The van der Waals surface area contributed by atoms with Crippen LogP contribution in [-0.2, 0) is 16.1 Å². The van der Waals surface area contributed by atoms with Crippen molar-refractivity contribution < 1.29 is 23.9 Å². The number of aromatic nitrogens is 1. The van der Waals surface area contributed by atoms with Gasteiger partial charge in [0.1, 0.15) is 12.3 Å². The van der Waals surface area contributed by atoms with Crippen molar-refractivity contribution in [3.8, 4) is 22.8 Å². The maximum atomic E-state index is 11.8. The molecule has 26 heavy (non-hydrogen) atoms. The second-order valence-electron chi connectivity index (χ2n) is 5.42. The van der Waals surface area contributed by atoms with E-state index in [9.17, 15) is 9.90 Å². The van der Waals surface area contributed by atoms with Crippen LogP contribution in [0.15, 0.2) is 65.2 Å². The molecule has 0 aliphatic carbocycles. The topological polar surface area (TPSA) is 81.8 Å². The molecule has 0 fully saturated rings. The third-order valence-electron chi connectivity index (χ3n) is 3.60. The fourth-order valence-corrected chi connectivity index (χ4v) is 2.27. The Kier molecular flexibility index (Phi) is 5.34. The van der Waals surface area contributed by atoms with Crippen molar-refractivity contribution in [1.82, 2.24) is 5.16 Å². The summed E-state index contributed by atoms with van der Waals surface area (Å²) in [5.41, 5.74) is 2.13. The monoisotopic (exact) mass is 351 g/mol. The molecular formula is C20H17NO5. The van der Waals surface area contributed by atoms with Gasteiger partial charge in [0.15, 0.2) is 17.3 Å². The van der Waals surface area contributed by atoms with Crippen LogP contribution in [0.3, 0.4) is 0 Å². The SMILES string of the molecule is COc1cc(/C=C/C(=O)OCc2cc(-c3ccccc3)on2)ccc1O. The Labute approximate surface area is 150 Å². The lowest BCUT2D eigenvalue weighted by atomic mass is 10.2. The number of nitrogens with zero attached hydrogens (tertiary/aromatic N) is 1. The zero-order valence-corrected chi connectivity index (χ0v) is 14.1. The second kappa shape index (κ2) is 8.02. The van der Waals surface area contributed by atoms with Crippen LogP contribution in [0, 0.1) is 0 Å². The average Bonchev–Trinajstić information content (AvgIpc) is 3.15. The quantitative estimate of drug-likeness (QED) is 0.537. The average molecular weight is 351 g/mol. The Morgan fingerprint density at radius 2 is 2.00 bits per heavy atom. The molecule has 0 saturated heterocycles. The first kappa shape index (κ1) is 17.3. The predicted octanol–water partition coefficient (Wildman–Crippen LogP) is 3.81. The maximum absolute atomic E-state index is 11.8. The fraction of sp³-hybridized carbons (Fsp3) is 0.100. The van der Waals surface area contributed by atoms with Crippen LogP contribution in [0.1, 0.15) is 11.3 Å². The van der Waals surface area contributed by atoms with Crippen molar-refractivity contribution >= 4 is 12.0 Å². The summed E-state index contributed by atoms with van der Waals surface area (Å²) in [4.78, 5) is 11.8. The Morgan fingerprint density at radius 1 is 1.19 bits per heavy atom. The normalized spacial score (nSPS) is 10.8. The van der Waals surface area contributed by atoms with Gasteiger partial charge in [0.05, 0.1) is 7.11 Å². The standard InChI is InChI=1S/C20H17NO5/c1-24-19-11-14(7-9-17(19)22)8-10-20(23)25-13-16-12-18(26-21-16)15-5-3-2-4-6-15/h2-12,22H,13H2,1H3/b10-8+. The molecule has 0 atom stereocenters. The van der Waals surface area contributed by atoms with E-state index in [4.69, 9.17) is 14.0 Å². The van der Waals surface area contributed by atoms with Crippen molar-refractivity contribution in [3.63, 3.8) is 0 Å². The minimum Gasteiger partial charge on any atom is -0.504 e. The summed E-state index contributed by atoms with van der Waals surface area (Å²) in [6.45, 7) is 0.0123. The lowest BCUT2D eigenvalue weighted by Crippen LogP contribution is -2.00. The number of aromatic hydroxyl groups is 1. The summed E-state index contributed by atoms with van der Waals surface area (Å²) in [5.74, 6) is 0.466. The van der Waals surface area contributed by atoms with Gasteiger partial charge in [-0.25, -0.2) is 4.79 Å². The number of hydrogen-bond acceptors (Lipinski definition) is 6. The molecule has 0 spiro atoms. The number of carbonyl (C=O) groups is 1. The number of esters is 1. The molecule has 1 aromatic heterocycles. The molecule has 1 heterocycles. The van der Waals surface area contributed by atoms with Crippen LogP contribution < -0.4 is 4.74 Å². The van der Waals surface area contributed by atoms with Crippen molar-refractivity contribution in [2.75, 3.05) is 7.11 Å². The molecule has 2 aromatic carbocycles. The van der Waals surface area contributed by atoms with Gasteiger partial charge >= 0.3 is 5.97 Å². The highest BCUT2D eigenvalue weighted by molar-refractivity contribution is 5.87. The molecule has 6 heteroatoms. The van der Waals surface area contributed by atoms with E-state index in [1.807, 2.05) is 30.3 Å². The molecule has 6 nitrogen and oxygen atoms in total. The van der Waals surface area contributed by atoms with Crippen molar-refractivity contribution in [3.05, 3.63) is 71.9 Å². The van der Waals surface area contributed by atoms with Crippen LogP contribution in [0.5, 0.6) is 11.5 Å². The van der Waals surface area contributed by atoms with E-state index in [-0.39, 0.29) is 12.4 Å². The molecule has 3 aromatic rings. The lowest BCUT2D eigenvalue weighted by Gasteiger charge is -2.03. The number of benzene rings is 2. The predicted molar refractivity (Wildman–Crippen MR) is 95.4 cm³/mol. The molecule has 132 valence electrons. The number of ether oxygens (including phenoxy) is 2. The van der Waals surface area contributed by atoms with Gasteiger partial charge in [0, 0.05) is 17.7 Å². The highest BCUT2D eigenvalue weighted by Crippen LogP contribution is 2.26. The molecule has 1 N–H and O–H groups in total. The highest BCUT2D eigenvalue weighted by atomic mass is 16.5. The Morgan fingerprint density at radius 3 is 2.77 bits per heavy atom. The first-order valence-electron chi connectivity index (χ1n) is 7.88. The maximum Gasteiger partial charge on any atom is 0.331 e. The van der Waals surface area contributed by atoms with Crippen LogP contribution >= 0.6 is 0 Å². The summed E-state index contributed by atoms with van der Waals surface area (Å²) in [6.07, 6.45) is 2.87. The van der Waals surface area contributed by atoms with Crippen molar-refractivity contribution in [2.45, 2.75) is 6.61 Å². The Bertz CT molecular complexity index is 915. The van der Waals surface area contributed by atoms with Gasteiger partial charge in [-0.3, -0.25) is 0 Å². The van der Waals surface area contributed by atoms with E-state index < -0.39 is 5.97 Å². The first-order chi connectivity index (χ1) is 12.7. The molecule has 0 radical (unpaired) electrons. The highest BCUT2D eigenvalue weighted by Gasteiger charge is 2.08. The minimum absolute atomic E-state index is 0.0123. The smallest absolute Gasteiger partial charge is 0.331 e. The summed E-state index contributed by atoms with van der Waals surface area (Å²) >= 11 is 0. The van der Waals surface area contributed by atoms with E-state index in [2.05, 4.69) is 5.16 Å². The van der Waals surface area contributed by atoms with E-state index in [1.165, 1.54) is 19.3 Å². The Balaban J connectivity index is 1.57. The number of phenolic OH excluding ortho intramolecular Hbond substituents is 1. The third-order valence-corrected chi connectivity index (χ3v) is 3.60. The number of methoxy groups -OCH3 is 1. The number of hydrogen-bond donors (Lipinski definition) is 1. The zero-order valence-electron chi connectivity index (χ0n) is 14.1.